The lowest BCUT2D eigenvalue weighted by Crippen LogP contribution is -2.01. The maximum Gasteiger partial charge on any atom is 0.263 e. The quantitative estimate of drug-likeness (QED) is 0.709. The lowest BCUT2D eigenvalue weighted by molar-refractivity contribution is 0.151. The summed E-state index contributed by atoms with van der Waals surface area (Å²) in [4.78, 5) is 0. The number of rotatable bonds is 4. The van der Waals surface area contributed by atoms with E-state index in [1.807, 2.05) is 29.6 Å². The molecule has 1 heterocycles. The first-order valence-corrected chi connectivity index (χ1v) is 7.54. The minimum absolute atomic E-state index is 0.0214. The number of aliphatic hydroxyl groups is 1. The van der Waals surface area contributed by atoms with Gasteiger partial charge in [0.2, 0.25) is 0 Å². The van der Waals surface area contributed by atoms with Crippen LogP contribution in [-0.2, 0) is 6.42 Å². The highest BCUT2D eigenvalue weighted by atomic mass is 32.1. The number of thiophene rings is 1. The van der Waals surface area contributed by atoms with E-state index < -0.39 is 12.5 Å². The van der Waals surface area contributed by atoms with Crippen molar-refractivity contribution in [1.82, 2.24) is 0 Å². The Hall–Kier alpha value is -1.78. The van der Waals surface area contributed by atoms with E-state index >= 15 is 0 Å². The van der Waals surface area contributed by atoms with Crippen molar-refractivity contribution in [3.8, 4) is 0 Å². The third-order valence-electron chi connectivity index (χ3n) is 3.55. The Balaban J connectivity index is 1.81. The van der Waals surface area contributed by atoms with Crippen LogP contribution in [0.25, 0.3) is 10.1 Å². The second-order valence-electron chi connectivity index (χ2n) is 4.94. The maximum absolute atomic E-state index is 12.5. The molecule has 0 bridgehead atoms. The molecule has 3 aromatic rings. The van der Waals surface area contributed by atoms with Crippen LogP contribution < -0.4 is 0 Å². The minimum Gasteiger partial charge on any atom is -0.388 e. The van der Waals surface area contributed by atoms with Crippen LogP contribution in [0.2, 0.25) is 0 Å². The van der Waals surface area contributed by atoms with Crippen molar-refractivity contribution in [1.29, 1.82) is 0 Å². The van der Waals surface area contributed by atoms with Crippen LogP contribution in [0.1, 0.15) is 29.2 Å². The molecule has 1 unspecified atom stereocenters. The summed E-state index contributed by atoms with van der Waals surface area (Å²) in [5, 5.41) is 13.5. The van der Waals surface area contributed by atoms with E-state index in [4.69, 9.17) is 0 Å². The van der Waals surface area contributed by atoms with Gasteiger partial charge in [0.1, 0.15) is 0 Å². The molecule has 3 rings (SSSR count). The van der Waals surface area contributed by atoms with Gasteiger partial charge in [-0.25, -0.2) is 8.78 Å². The smallest absolute Gasteiger partial charge is 0.263 e. The second-order valence-corrected chi connectivity index (χ2v) is 5.86. The van der Waals surface area contributed by atoms with Gasteiger partial charge < -0.3 is 5.11 Å². The molecule has 0 amide bonds. The number of hydrogen-bond donors (Lipinski definition) is 1. The minimum atomic E-state index is -2.47. The molecular weight excluding hydrogens is 290 g/mol. The Labute approximate surface area is 125 Å². The zero-order valence-corrected chi connectivity index (χ0v) is 12.0. The Morgan fingerprint density at radius 1 is 0.952 bits per heavy atom. The standard InChI is InChI=1S/C17H14F2OS/c18-17(19)12-7-5-11(6-8-12)15(20)9-13-10-21-16-4-2-1-3-14(13)16/h1-8,10,15,17,20H,9H2. The highest BCUT2D eigenvalue weighted by Crippen LogP contribution is 2.30. The average molecular weight is 304 g/mol. The van der Waals surface area contributed by atoms with E-state index in [1.54, 1.807) is 23.5 Å². The number of aliphatic hydroxyl groups excluding tert-OH is 1. The normalized spacial score (nSPS) is 13.0. The van der Waals surface area contributed by atoms with Crippen LogP contribution in [0.5, 0.6) is 0 Å². The van der Waals surface area contributed by atoms with Crippen LogP contribution in [0.15, 0.2) is 53.9 Å². The third kappa shape index (κ3) is 2.96. The topological polar surface area (TPSA) is 20.2 Å². The molecule has 1 atom stereocenters. The molecule has 2 aromatic carbocycles. The first-order valence-electron chi connectivity index (χ1n) is 6.66. The van der Waals surface area contributed by atoms with Gasteiger partial charge >= 0.3 is 0 Å². The van der Waals surface area contributed by atoms with Crippen molar-refractivity contribution in [2.75, 3.05) is 0 Å². The largest absolute Gasteiger partial charge is 0.388 e. The summed E-state index contributed by atoms with van der Waals surface area (Å²) in [6, 6.07) is 13.9. The van der Waals surface area contributed by atoms with Crippen LogP contribution in [0.4, 0.5) is 8.78 Å². The monoisotopic (exact) mass is 304 g/mol. The molecule has 0 aliphatic carbocycles. The molecule has 0 saturated heterocycles. The summed E-state index contributed by atoms with van der Waals surface area (Å²) in [6.45, 7) is 0. The molecule has 1 aromatic heterocycles. The van der Waals surface area contributed by atoms with E-state index in [2.05, 4.69) is 0 Å². The fraction of sp³-hybridized carbons (Fsp3) is 0.176. The van der Waals surface area contributed by atoms with E-state index in [-0.39, 0.29) is 5.56 Å². The predicted molar refractivity (Wildman–Crippen MR) is 81.9 cm³/mol. The van der Waals surface area contributed by atoms with E-state index in [9.17, 15) is 13.9 Å². The number of fused-ring (bicyclic) bond motifs is 1. The van der Waals surface area contributed by atoms with Gasteiger partial charge in [-0.05, 0) is 28.0 Å². The van der Waals surface area contributed by atoms with Crippen LogP contribution in [-0.4, -0.2) is 5.11 Å². The predicted octanol–water partition coefficient (Wildman–Crippen LogP) is 5.12. The van der Waals surface area contributed by atoms with Crippen molar-refractivity contribution in [2.24, 2.45) is 0 Å². The van der Waals surface area contributed by atoms with Gasteiger partial charge in [-0.2, -0.15) is 0 Å². The molecule has 1 nitrogen and oxygen atoms in total. The Morgan fingerprint density at radius 3 is 2.33 bits per heavy atom. The third-order valence-corrected chi connectivity index (χ3v) is 4.56. The Kier molecular flexibility index (Phi) is 3.99. The zero-order valence-electron chi connectivity index (χ0n) is 11.2. The van der Waals surface area contributed by atoms with E-state index in [0.29, 0.717) is 12.0 Å². The van der Waals surface area contributed by atoms with Gasteiger partial charge in [0.25, 0.3) is 6.43 Å². The fourth-order valence-electron chi connectivity index (χ4n) is 2.38. The lowest BCUT2D eigenvalue weighted by Gasteiger charge is -2.11. The Morgan fingerprint density at radius 2 is 1.62 bits per heavy atom. The van der Waals surface area contributed by atoms with Gasteiger partial charge in [0.05, 0.1) is 6.10 Å². The molecule has 0 fully saturated rings. The van der Waals surface area contributed by atoms with E-state index in [1.165, 1.54) is 16.8 Å². The molecule has 108 valence electrons. The average Bonchev–Trinajstić information content (AvgIpc) is 2.91. The highest BCUT2D eigenvalue weighted by Gasteiger charge is 2.13. The van der Waals surface area contributed by atoms with Crippen molar-refractivity contribution >= 4 is 21.4 Å². The van der Waals surface area contributed by atoms with Gasteiger partial charge in [0.15, 0.2) is 0 Å². The maximum atomic E-state index is 12.5. The van der Waals surface area contributed by atoms with Crippen LogP contribution in [0, 0.1) is 0 Å². The first-order chi connectivity index (χ1) is 10.1. The van der Waals surface area contributed by atoms with Gasteiger partial charge in [-0.15, -0.1) is 11.3 Å². The van der Waals surface area contributed by atoms with E-state index in [0.717, 1.165) is 10.9 Å². The van der Waals surface area contributed by atoms with Crippen molar-refractivity contribution in [3.63, 3.8) is 0 Å². The van der Waals surface area contributed by atoms with Gasteiger partial charge in [-0.1, -0.05) is 42.5 Å². The molecule has 0 aliphatic heterocycles. The number of hydrogen-bond acceptors (Lipinski definition) is 2. The molecule has 0 radical (unpaired) electrons. The zero-order chi connectivity index (χ0) is 14.8. The van der Waals surface area contributed by atoms with Gasteiger partial charge in [0, 0.05) is 16.7 Å². The van der Waals surface area contributed by atoms with Crippen LogP contribution >= 0.6 is 11.3 Å². The molecule has 4 heteroatoms. The summed E-state index contributed by atoms with van der Waals surface area (Å²) in [7, 11) is 0. The molecule has 1 N–H and O–H groups in total. The van der Waals surface area contributed by atoms with Gasteiger partial charge in [-0.3, -0.25) is 0 Å². The summed E-state index contributed by atoms with van der Waals surface area (Å²) >= 11 is 1.65. The summed E-state index contributed by atoms with van der Waals surface area (Å²) in [6.07, 6.45) is -2.68. The fourth-order valence-corrected chi connectivity index (χ4v) is 3.36. The molecule has 0 spiro atoms. The summed E-state index contributed by atoms with van der Waals surface area (Å²) < 4.78 is 26.2. The SMILES string of the molecule is OC(Cc1csc2ccccc12)c1ccc(C(F)F)cc1. The van der Waals surface area contributed by atoms with Crippen molar-refractivity contribution in [3.05, 3.63) is 70.6 Å². The summed E-state index contributed by atoms with van der Waals surface area (Å²) in [5.41, 5.74) is 1.72. The molecule has 0 saturated carbocycles. The van der Waals surface area contributed by atoms with Crippen molar-refractivity contribution in [2.45, 2.75) is 19.0 Å². The van der Waals surface area contributed by atoms with Crippen LogP contribution in [0.3, 0.4) is 0 Å². The second kappa shape index (κ2) is 5.92. The molecular formula is C17H14F2OS. The Bertz CT molecular complexity index is 734. The lowest BCUT2D eigenvalue weighted by atomic mass is 10.00. The molecule has 21 heavy (non-hydrogen) atoms. The first kappa shape index (κ1) is 14.2. The number of halogens is 2. The highest BCUT2D eigenvalue weighted by molar-refractivity contribution is 7.17. The summed E-state index contributed by atoms with van der Waals surface area (Å²) in [5.74, 6) is 0. The van der Waals surface area contributed by atoms with Crippen molar-refractivity contribution < 1.29 is 13.9 Å². The number of benzene rings is 2. The number of alkyl halides is 2. The molecule has 0 aliphatic rings.